The first-order valence-corrected chi connectivity index (χ1v) is 8.99. The average Bonchev–Trinajstić information content (AvgIpc) is 2.62. The molecule has 0 bridgehead atoms. The lowest BCUT2D eigenvalue weighted by Crippen LogP contribution is -2.48. The van der Waals surface area contributed by atoms with Crippen LogP contribution in [0.4, 0.5) is 5.69 Å². The first kappa shape index (κ1) is 15.8. The van der Waals surface area contributed by atoms with Gasteiger partial charge in [-0.25, -0.2) is 8.42 Å². The smallest absolute Gasteiger partial charge is 0.243 e. The highest BCUT2D eigenvalue weighted by molar-refractivity contribution is 7.89. The molecule has 1 aliphatic rings. The largest absolute Gasteiger partial charge is 0.497 e. The number of anilines is 1. The van der Waals surface area contributed by atoms with Crippen molar-refractivity contribution in [3.8, 4) is 5.75 Å². The van der Waals surface area contributed by atoms with Crippen LogP contribution in [0.2, 0.25) is 0 Å². The molecule has 1 heterocycles. The normalized spacial score (nSPS) is 16.3. The van der Waals surface area contributed by atoms with Crippen LogP contribution in [0.15, 0.2) is 59.5 Å². The van der Waals surface area contributed by atoms with Crippen LogP contribution >= 0.6 is 0 Å². The first-order valence-electron chi connectivity index (χ1n) is 7.55. The van der Waals surface area contributed by atoms with Crippen LogP contribution in [0.3, 0.4) is 0 Å². The third-order valence-corrected chi connectivity index (χ3v) is 5.95. The van der Waals surface area contributed by atoms with E-state index in [9.17, 15) is 8.42 Å². The molecule has 0 unspecified atom stereocenters. The monoisotopic (exact) mass is 332 g/mol. The van der Waals surface area contributed by atoms with Crippen molar-refractivity contribution in [1.29, 1.82) is 0 Å². The molecule has 1 aliphatic heterocycles. The molecule has 1 saturated heterocycles. The Balaban J connectivity index is 1.71. The molecule has 122 valence electrons. The summed E-state index contributed by atoms with van der Waals surface area (Å²) in [6.07, 6.45) is 0. The Hall–Kier alpha value is -2.05. The molecule has 0 saturated carbocycles. The minimum absolute atomic E-state index is 0.356. The van der Waals surface area contributed by atoms with Gasteiger partial charge < -0.3 is 9.64 Å². The van der Waals surface area contributed by atoms with E-state index in [1.165, 1.54) is 0 Å². The number of piperazine rings is 1. The summed E-state index contributed by atoms with van der Waals surface area (Å²) in [6, 6.07) is 16.4. The molecular weight excluding hydrogens is 312 g/mol. The van der Waals surface area contributed by atoms with E-state index < -0.39 is 10.0 Å². The Morgan fingerprint density at radius 1 is 0.913 bits per heavy atom. The van der Waals surface area contributed by atoms with Gasteiger partial charge in [-0.05, 0) is 24.3 Å². The Morgan fingerprint density at radius 3 is 2.26 bits per heavy atom. The van der Waals surface area contributed by atoms with E-state index in [0.717, 1.165) is 11.4 Å². The number of hydrogen-bond donors (Lipinski definition) is 0. The molecule has 2 aromatic carbocycles. The lowest BCUT2D eigenvalue weighted by Gasteiger charge is -2.35. The summed E-state index contributed by atoms with van der Waals surface area (Å²) in [7, 11) is -1.76. The minimum Gasteiger partial charge on any atom is -0.497 e. The van der Waals surface area contributed by atoms with E-state index in [1.54, 1.807) is 35.7 Å². The third-order valence-electron chi connectivity index (χ3n) is 4.04. The molecule has 0 spiro atoms. The van der Waals surface area contributed by atoms with Crippen LogP contribution < -0.4 is 9.64 Å². The van der Waals surface area contributed by atoms with E-state index in [0.29, 0.717) is 31.1 Å². The molecule has 3 rings (SSSR count). The van der Waals surface area contributed by atoms with Crippen LogP contribution in [0, 0.1) is 0 Å². The highest BCUT2D eigenvalue weighted by atomic mass is 32.2. The summed E-state index contributed by atoms with van der Waals surface area (Å²) >= 11 is 0. The zero-order valence-corrected chi connectivity index (χ0v) is 13.9. The molecule has 23 heavy (non-hydrogen) atoms. The first-order chi connectivity index (χ1) is 11.1. The van der Waals surface area contributed by atoms with Gasteiger partial charge in [0.25, 0.3) is 0 Å². The Bertz CT molecular complexity index is 754. The second-order valence-corrected chi connectivity index (χ2v) is 7.34. The van der Waals surface area contributed by atoms with Crippen LogP contribution in [0.5, 0.6) is 5.75 Å². The summed E-state index contributed by atoms with van der Waals surface area (Å²) in [5.41, 5.74) is 1.06. The van der Waals surface area contributed by atoms with Gasteiger partial charge in [-0.1, -0.05) is 24.3 Å². The Kier molecular flexibility index (Phi) is 4.54. The van der Waals surface area contributed by atoms with E-state index in [2.05, 4.69) is 4.90 Å². The van der Waals surface area contributed by atoms with E-state index in [4.69, 9.17) is 4.74 Å². The maximum atomic E-state index is 12.6. The molecule has 0 amide bonds. The molecule has 2 aromatic rings. The molecule has 6 heteroatoms. The molecule has 0 radical (unpaired) electrons. The quantitative estimate of drug-likeness (QED) is 0.861. The number of benzene rings is 2. The highest BCUT2D eigenvalue weighted by Crippen LogP contribution is 2.24. The van der Waals surface area contributed by atoms with Crippen molar-refractivity contribution in [3.05, 3.63) is 54.6 Å². The van der Waals surface area contributed by atoms with Crippen LogP contribution in [-0.2, 0) is 10.0 Å². The second kappa shape index (κ2) is 6.60. The molecule has 0 aromatic heterocycles. The topological polar surface area (TPSA) is 49.9 Å². The van der Waals surface area contributed by atoms with E-state index >= 15 is 0 Å². The second-order valence-electron chi connectivity index (χ2n) is 5.41. The zero-order chi connectivity index (χ0) is 16.3. The van der Waals surface area contributed by atoms with Crippen molar-refractivity contribution < 1.29 is 13.2 Å². The fourth-order valence-electron chi connectivity index (χ4n) is 2.74. The van der Waals surface area contributed by atoms with Crippen LogP contribution in [0.25, 0.3) is 0 Å². The van der Waals surface area contributed by atoms with Gasteiger partial charge in [0.05, 0.1) is 12.0 Å². The predicted octanol–water partition coefficient (Wildman–Crippen LogP) is 2.21. The standard InChI is InChI=1S/C17H20N2O3S/c1-22-16-7-5-6-15(14-16)18-10-12-19(13-11-18)23(20,21)17-8-3-2-4-9-17/h2-9,14H,10-13H2,1H3. The Labute approximate surface area is 137 Å². The summed E-state index contributed by atoms with van der Waals surface area (Å²) < 4.78 is 32.0. The van der Waals surface area contributed by atoms with Gasteiger partial charge in [0.1, 0.15) is 5.75 Å². The van der Waals surface area contributed by atoms with E-state index in [-0.39, 0.29) is 0 Å². The summed E-state index contributed by atoms with van der Waals surface area (Å²) in [5.74, 6) is 0.807. The van der Waals surface area contributed by atoms with Crippen molar-refractivity contribution >= 4 is 15.7 Å². The van der Waals surface area contributed by atoms with Gasteiger partial charge in [-0.15, -0.1) is 0 Å². The van der Waals surface area contributed by atoms with Gasteiger partial charge in [0.2, 0.25) is 10.0 Å². The average molecular weight is 332 g/mol. The minimum atomic E-state index is -3.40. The SMILES string of the molecule is COc1cccc(N2CCN(S(=O)(=O)c3ccccc3)CC2)c1. The molecule has 0 atom stereocenters. The summed E-state index contributed by atoms with van der Waals surface area (Å²) in [4.78, 5) is 2.54. The number of ether oxygens (including phenoxy) is 1. The summed E-state index contributed by atoms with van der Waals surface area (Å²) in [6.45, 7) is 2.29. The fourth-order valence-corrected chi connectivity index (χ4v) is 4.18. The van der Waals surface area contributed by atoms with Crippen LogP contribution in [0.1, 0.15) is 0 Å². The fraction of sp³-hybridized carbons (Fsp3) is 0.294. The van der Waals surface area contributed by atoms with Crippen molar-refractivity contribution in [3.63, 3.8) is 0 Å². The van der Waals surface area contributed by atoms with Gasteiger partial charge in [0.15, 0.2) is 0 Å². The van der Waals surface area contributed by atoms with Crippen molar-refractivity contribution in [2.24, 2.45) is 0 Å². The van der Waals surface area contributed by atoms with Crippen molar-refractivity contribution in [1.82, 2.24) is 4.31 Å². The molecule has 5 nitrogen and oxygen atoms in total. The van der Waals surface area contributed by atoms with Gasteiger partial charge in [0, 0.05) is 37.9 Å². The van der Waals surface area contributed by atoms with Gasteiger partial charge >= 0.3 is 0 Å². The number of methoxy groups -OCH3 is 1. The molecule has 0 aliphatic carbocycles. The van der Waals surface area contributed by atoms with Gasteiger partial charge in [-0.2, -0.15) is 4.31 Å². The molecule has 0 N–H and O–H groups in total. The number of sulfonamides is 1. The zero-order valence-electron chi connectivity index (χ0n) is 13.1. The predicted molar refractivity (Wildman–Crippen MR) is 90.4 cm³/mol. The lowest BCUT2D eigenvalue weighted by atomic mass is 10.2. The van der Waals surface area contributed by atoms with Crippen molar-refractivity contribution in [2.45, 2.75) is 4.90 Å². The molecular formula is C17H20N2O3S. The third kappa shape index (κ3) is 3.33. The lowest BCUT2D eigenvalue weighted by molar-refractivity contribution is 0.384. The summed E-state index contributed by atoms with van der Waals surface area (Å²) in [5, 5.41) is 0. The number of rotatable bonds is 4. The molecule has 1 fully saturated rings. The highest BCUT2D eigenvalue weighted by Gasteiger charge is 2.28. The maximum absolute atomic E-state index is 12.6. The maximum Gasteiger partial charge on any atom is 0.243 e. The van der Waals surface area contributed by atoms with E-state index in [1.807, 2.05) is 30.3 Å². The Morgan fingerprint density at radius 2 is 1.61 bits per heavy atom. The number of hydrogen-bond acceptors (Lipinski definition) is 4. The number of nitrogens with zero attached hydrogens (tertiary/aromatic N) is 2. The van der Waals surface area contributed by atoms with Crippen molar-refractivity contribution in [2.75, 3.05) is 38.2 Å². The van der Waals surface area contributed by atoms with Gasteiger partial charge in [-0.3, -0.25) is 0 Å². The van der Waals surface area contributed by atoms with Crippen LogP contribution in [-0.4, -0.2) is 46.0 Å².